The lowest BCUT2D eigenvalue weighted by Gasteiger charge is -2.22. The molecule has 1 aliphatic rings. The monoisotopic (exact) mass is 566 g/mol. The fraction of sp³-hybridized carbons (Fsp3) is 0. The second-order valence-corrected chi connectivity index (χ2v) is 12.4. The summed E-state index contributed by atoms with van der Waals surface area (Å²) in [6.07, 6.45) is 0. The Balaban J connectivity index is 1.13. The van der Waals surface area contributed by atoms with Gasteiger partial charge in [0.25, 0.3) is 0 Å². The quantitative estimate of drug-likeness (QED) is 0.208. The van der Waals surface area contributed by atoms with E-state index in [-0.39, 0.29) is 0 Å². The van der Waals surface area contributed by atoms with Crippen molar-refractivity contribution >= 4 is 64.2 Å². The minimum atomic E-state index is 0.912. The third kappa shape index (κ3) is 3.34. The molecule has 10 rings (SSSR count). The zero-order valence-electron chi connectivity index (χ0n) is 22.9. The summed E-state index contributed by atoms with van der Waals surface area (Å²) < 4.78 is 15.0. The van der Waals surface area contributed by atoms with E-state index in [0.717, 1.165) is 33.6 Å². The molecule has 3 heteroatoms. The molecule has 0 bridgehead atoms. The highest BCUT2D eigenvalue weighted by molar-refractivity contribution is 7.25. The van der Waals surface area contributed by atoms with Crippen LogP contribution in [0.1, 0.15) is 0 Å². The van der Waals surface area contributed by atoms with E-state index in [9.17, 15) is 0 Å². The number of hydrogen-bond acceptors (Lipinski definition) is 3. The Kier molecular flexibility index (Phi) is 4.63. The summed E-state index contributed by atoms with van der Waals surface area (Å²) in [5, 5.41) is 7.30. The third-order valence-electron chi connectivity index (χ3n) is 8.86. The highest BCUT2D eigenvalue weighted by atomic mass is 32.1. The Bertz CT molecular complexity index is 2600. The van der Waals surface area contributed by atoms with E-state index in [1.165, 1.54) is 64.1 Å². The van der Waals surface area contributed by atoms with E-state index < -0.39 is 0 Å². The zero-order chi connectivity index (χ0) is 28.1. The van der Waals surface area contributed by atoms with Crippen LogP contribution in [0.2, 0.25) is 0 Å². The lowest BCUT2D eigenvalue weighted by molar-refractivity contribution is 0.487. The van der Waals surface area contributed by atoms with Crippen molar-refractivity contribution in [2.24, 2.45) is 0 Å². The summed E-state index contributed by atoms with van der Waals surface area (Å²) in [7, 11) is 0. The van der Waals surface area contributed by atoms with Gasteiger partial charge in [-0.3, -0.25) is 0 Å². The van der Waals surface area contributed by atoms with E-state index in [2.05, 4.69) is 115 Å². The van der Waals surface area contributed by atoms with Crippen LogP contribution in [0.3, 0.4) is 0 Å². The maximum atomic E-state index is 6.26. The second-order valence-electron chi connectivity index (χ2n) is 11.3. The van der Waals surface area contributed by atoms with Gasteiger partial charge in [0.05, 0.1) is 0 Å². The molecule has 0 saturated heterocycles. The van der Waals surface area contributed by atoms with Gasteiger partial charge >= 0.3 is 0 Å². The molecule has 200 valence electrons. The fourth-order valence-corrected chi connectivity index (χ4v) is 8.08. The minimum absolute atomic E-state index is 0.912. The SMILES string of the molecule is c1ccc2c(c1)Oc1cccc3cc(-c4ccc5c(c4)sc4cc(-c6cccc7oc8ccccc8c67)ccc45)cc-2c13. The zero-order valence-corrected chi connectivity index (χ0v) is 23.7. The first-order valence-corrected chi connectivity index (χ1v) is 15.3. The van der Waals surface area contributed by atoms with Crippen LogP contribution in [-0.2, 0) is 0 Å². The standard InChI is InChI=1S/C40H22O2S/c1-3-11-33-28(8-1)32-20-26(19-25-7-5-13-35(41-33)39(25)32)23-15-17-29-30-18-16-24(22-38(30)43-37(29)21-23)27-10-6-14-36-40(27)31-9-2-4-12-34(31)42-36/h1-22H. The molecule has 0 N–H and O–H groups in total. The number of ether oxygens (including phenoxy) is 1. The highest BCUT2D eigenvalue weighted by Gasteiger charge is 2.21. The second kappa shape index (κ2) is 8.57. The molecule has 9 aromatic rings. The van der Waals surface area contributed by atoms with Crippen molar-refractivity contribution in [3.63, 3.8) is 0 Å². The summed E-state index contributed by atoms with van der Waals surface area (Å²) in [4.78, 5) is 0. The molecule has 0 aliphatic carbocycles. The Morgan fingerprint density at radius 1 is 0.419 bits per heavy atom. The van der Waals surface area contributed by atoms with Gasteiger partial charge in [0.1, 0.15) is 22.7 Å². The van der Waals surface area contributed by atoms with Crippen LogP contribution in [-0.4, -0.2) is 0 Å². The predicted octanol–water partition coefficient (Wildman–Crippen LogP) is 12.2. The van der Waals surface area contributed by atoms with Gasteiger partial charge in [0, 0.05) is 41.9 Å². The van der Waals surface area contributed by atoms with Gasteiger partial charge in [-0.15, -0.1) is 11.3 Å². The smallest absolute Gasteiger partial charge is 0.136 e. The molecular formula is C40H22O2S. The van der Waals surface area contributed by atoms with Crippen molar-refractivity contribution < 1.29 is 9.15 Å². The number of furan rings is 1. The van der Waals surface area contributed by atoms with Gasteiger partial charge in [-0.05, 0) is 81.7 Å². The van der Waals surface area contributed by atoms with E-state index in [1.807, 2.05) is 29.5 Å². The van der Waals surface area contributed by atoms with Gasteiger partial charge in [-0.25, -0.2) is 0 Å². The summed E-state index contributed by atoms with van der Waals surface area (Å²) in [6, 6.07) is 47.7. The summed E-state index contributed by atoms with van der Waals surface area (Å²) in [5.74, 6) is 1.84. The molecule has 2 nitrogen and oxygen atoms in total. The number of thiophene rings is 1. The lowest BCUT2D eigenvalue weighted by Crippen LogP contribution is -1.97. The number of hydrogen-bond donors (Lipinski definition) is 0. The van der Waals surface area contributed by atoms with Gasteiger partial charge in [-0.1, -0.05) is 84.9 Å². The molecular weight excluding hydrogens is 545 g/mol. The van der Waals surface area contributed by atoms with Crippen LogP contribution in [0.15, 0.2) is 138 Å². The number of para-hydroxylation sites is 2. The van der Waals surface area contributed by atoms with E-state index in [4.69, 9.17) is 9.15 Å². The maximum Gasteiger partial charge on any atom is 0.136 e. The van der Waals surface area contributed by atoms with Crippen LogP contribution in [0.4, 0.5) is 0 Å². The molecule has 1 aliphatic heterocycles. The maximum absolute atomic E-state index is 6.26. The average Bonchev–Trinajstić information content (AvgIpc) is 3.62. The predicted molar refractivity (Wildman–Crippen MR) is 180 cm³/mol. The lowest BCUT2D eigenvalue weighted by atomic mass is 9.90. The largest absolute Gasteiger partial charge is 0.456 e. The van der Waals surface area contributed by atoms with E-state index >= 15 is 0 Å². The highest BCUT2D eigenvalue weighted by Crippen LogP contribution is 2.48. The van der Waals surface area contributed by atoms with Gasteiger partial charge in [0.2, 0.25) is 0 Å². The third-order valence-corrected chi connectivity index (χ3v) is 9.97. The molecule has 0 atom stereocenters. The Morgan fingerprint density at radius 2 is 1.14 bits per heavy atom. The van der Waals surface area contributed by atoms with Gasteiger partial charge < -0.3 is 9.15 Å². The first-order chi connectivity index (χ1) is 21.3. The average molecular weight is 567 g/mol. The molecule has 0 fully saturated rings. The van der Waals surface area contributed by atoms with E-state index in [1.54, 1.807) is 0 Å². The van der Waals surface area contributed by atoms with Crippen molar-refractivity contribution in [1.29, 1.82) is 0 Å². The Hall–Kier alpha value is -5.38. The molecule has 43 heavy (non-hydrogen) atoms. The first kappa shape index (κ1) is 23.2. The number of rotatable bonds is 2. The summed E-state index contributed by atoms with van der Waals surface area (Å²) >= 11 is 1.86. The van der Waals surface area contributed by atoms with E-state index in [0.29, 0.717) is 0 Å². The van der Waals surface area contributed by atoms with Crippen LogP contribution in [0.5, 0.6) is 11.5 Å². The number of benzene rings is 7. The molecule has 3 heterocycles. The molecule has 0 amide bonds. The van der Waals surface area contributed by atoms with Crippen LogP contribution in [0, 0.1) is 0 Å². The van der Waals surface area contributed by atoms with Crippen LogP contribution < -0.4 is 4.74 Å². The normalized spacial score (nSPS) is 12.4. The Morgan fingerprint density at radius 3 is 2.07 bits per heavy atom. The molecule has 0 spiro atoms. The van der Waals surface area contributed by atoms with Crippen molar-refractivity contribution in [1.82, 2.24) is 0 Å². The van der Waals surface area contributed by atoms with Crippen LogP contribution in [0.25, 0.3) is 86.3 Å². The van der Waals surface area contributed by atoms with Crippen LogP contribution >= 0.6 is 11.3 Å². The van der Waals surface area contributed by atoms with Crippen molar-refractivity contribution in [2.75, 3.05) is 0 Å². The van der Waals surface area contributed by atoms with Gasteiger partial charge in [0.15, 0.2) is 0 Å². The number of fused-ring (bicyclic) bond motifs is 8. The topological polar surface area (TPSA) is 22.4 Å². The molecule has 0 radical (unpaired) electrons. The summed E-state index contributed by atoms with van der Waals surface area (Å²) in [6.45, 7) is 0. The van der Waals surface area contributed by atoms with Crippen molar-refractivity contribution in [2.45, 2.75) is 0 Å². The molecule has 0 unspecified atom stereocenters. The Labute approximate surface area is 251 Å². The minimum Gasteiger partial charge on any atom is -0.456 e. The van der Waals surface area contributed by atoms with Gasteiger partial charge in [-0.2, -0.15) is 0 Å². The fourth-order valence-electron chi connectivity index (χ4n) is 6.89. The van der Waals surface area contributed by atoms with Crippen molar-refractivity contribution in [3.05, 3.63) is 133 Å². The van der Waals surface area contributed by atoms with Crippen molar-refractivity contribution in [3.8, 4) is 44.9 Å². The first-order valence-electron chi connectivity index (χ1n) is 14.5. The molecule has 7 aromatic carbocycles. The molecule has 2 aromatic heterocycles. The summed E-state index contributed by atoms with van der Waals surface area (Å²) in [5.41, 5.74) is 9.08. The molecule has 0 saturated carbocycles.